The second-order valence-electron chi connectivity index (χ2n) is 19.8. The molecular formula is C51H55BN2S. The minimum absolute atomic E-state index is 0.0211. The average molecular weight is 739 g/mol. The maximum atomic E-state index is 2.67. The highest BCUT2D eigenvalue weighted by Gasteiger charge is 2.50. The van der Waals surface area contributed by atoms with E-state index in [9.17, 15) is 0 Å². The number of hydrogen-bond donors (Lipinski definition) is 0. The highest BCUT2D eigenvalue weighted by molar-refractivity contribution is 7.29. The van der Waals surface area contributed by atoms with Crippen LogP contribution in [0.5, 0.6) is 0 Å². The first-order valence-corrected chi connectivity index (χ1v) is 21.1. The van der Waals surface area contributed by atoms with Crippen LogP contribution in [-0.4, -0.2) is 6.71 Å². The van der Waals surface area contributed by atoms with Gasteiger partial charge in [-0.15, -0.1) is 0 Å². The van der Waals surface area contributed by atoms with Gasteiger partial charge in [0, 0.05) is 38.1 Å². The number of aryl methyl sites for hydroxylation is 1. The van der Waals surface area contributed by atoms with E-state index >= 15 is 0 Å². The van der Waals surface area contributed by atoms with Gasteiger partial charge in [0.25, 0.3) is 6.71 Å². The van der Waals surface area contributed by atoms with E-state index in [1.54, 1.807) is 10.4 Å². The molecule has 0 amide bonds. The molecule has 0 radical (unpaired) electrons. The molecule has 0 spiro atoms. The number of anilines is 6. The average Bonchev–Trinajstić information content (AvgIpc) is 3.56. The number of rotatable bonds is 3. The van der Waals surface area contributed by atoms with Crippen molar-refractivity contribution < 1.29 is 0 Å². The van der Waals surface area contributed by atoms with E-state index in [1.165, 1.54) is 90.5 Å². The quantitative estimate of drug-likeness (QED) is 0.167. The van der Waals surface area contributed by atoms with E-state index in [1.807, 2.05) is 0 Å². The Morgan fingerprint density at radius 2 is 1.13 bits per heavy atom. The van der Waals surface area contributed by atoms with Gasteiger partial charge in [0.2, 0.25) is 0 Å². The number of hydrogen-bond acceptors (Lipinski definition) is 3. The zero-order valence-corrected chi connectivity index (χ0v) is 35.5. The lowest BCUT2D eigenvalue weighted by atomic mass is 9.35. The molecule has 3 aliphatic rings. The molecule has 3 heterocycles. The fraction of sp³-hybridized carbons (Fsp3) is 0.333. The van der Waals surface area contributed by atoms with Gasteiger partial charge in [-0.1, -0.05) is 136 Å². The topological polar surface area (TPSA) is 6.48 Å². The summed E-state index contributed by atoms with van der Waals surface area (Å²) in [4.78, 5) is 6.81. The van der Waals surface area contributed by atoms with Crippen LogP contribution in [0.4, 0.5) is 34.1 Å². The highest BCUT2D eigenvalue weighted by atomic mass is 32.1. The summed E-state index contributed by atoms with van der Waals surface area (Å²) in [6, 6.07) is 41.8. The predicted molar refractivity (Wildman–Crippen MR) is 241 cm³/mol. The van der Waals surface area contributed by atoms with Crippen LogP contribution in [0, 0.1) is 6.92 Å². The largest absolute Gasteiger partial charge is 0.311 e. The predicted octanol–water partition coefficient (Wildman–Crippen LogP) is 12.8. The molecule has 2 aliphatic heterocycles. The molecule has 0 saturated heterocycles. The van der Waals surface area contributed by atoms with Crippen molar-refractivity contribution in [3.63, 3.8) is 0 Å². The van der Waals surface area contributed by atoms with Gasteiger partial charge in [-0.05, 0) is 128 Å². The lowest BCUT2D eigenvalue weighted by Gasteiger charge is -2.45. The molecule has 1 aromatic heterocycles. The molecule has 9 rings (SSSR count). The lowest BCUT2D eigenvalue weighted by molar-refractivity contribution is 0.339. The molecular weight excluding hydrogens is 683 g/mol. The zero-order chi connectivity index (χ0) is 38.8. The molecule has 0 fully saturated rings. The summed E-state index contributed by atoms with van der Waals surface area (Å²) >= 11 is 2.11. The Balaban J connectivity index is 1.37. The van der Waals surface area contributed by atoms with Crippen LogP contribution in [-0.2, 0) is 21.7 Å². The van der Waals surface area contributed by atoms with Gasteiger partial charge in [0.05, 0.1) is 5.69 Å². The lowest BCUT2D eigenvalue weighted by Crippen LogP contribution is -2.61. The first-order valence-electron chi connectivity index (χ1n) is 20.3. The standard InChI is InChI=1S/C51H55BN2S/c1-32-29-41-44-42(30-32)54(38-22-17-34(18-23-38)33-15-13-12-14-16-33)45-43-46(51(10,11)28-27-50(43,8)9)55-47(45)52(44)39-31-36(49(5,6)7)21-26-40(39)53(41)37-24-19-35(20-25-37)48(2,3)4/h12-26,29-31H,27-28H2,1-11H3. The second kappa shape index (κ2) is 12.2. The van der Waals surface area contributed by atoms with Gasteiger partial charge in [-0.3, -0.25) is 0 Å². The Kier molecular flexibility index (Phi) is 8.03. The number of benzene rings is 5. The second-order valence-corrected chi connectivity index (χ2v) is 20.9. The Hall–Kier alpha value is -4.54. The fourth-order valence-corrected chi connectivity index (χ4v) is 11.2. The number of thiophene rings is 1. The van der Waals surface area contributed by atoms with Gasteiger partial charge in [-0.2, -0.15) is 11.3 Å². The van der Waals surface area contributed by atoms with Crippen molar-refractivity contribution in [1.82, 2.24) is 0 Å². The van der Waals surface area contributed by atoms with Crippen molar-refractivity contribution in [2.24, 2.45) is 0 Å². The molecule has 5 aromatic carbocycles. The Bertz CT molecular complexity index is 2450. The van der Waals surface area contributed by atoms with Crippen LogP contribution in [0.2, 0.25) is 0 Å². The molecule has 0 bridgehead atoms. The third-order valence-electron chi connectivity index (χ3n) is 12.8. The van der Waals surface area contributed by atoms with E-state index in [4.69, 9.17) is 0 Å². The Morgan fingerprint density at radius 1 is 0.582 bits per heavy atom. The van der Waals surface area contributed by atoms with E-state index < -0.39 is 0 Å². The highest BCUT2D eigenvalue weighted by Crippen LogP contribution is 2.56. The number of nitrogens with zero attached hydrogens (tertiary/aromatic N) is 2. The molecule has 0 N–H and O–H groups in total. The number of fused-ring (bicyclic) bond motifs is 6. The van der Waals surface area contributed by atoms with Crippen molar-refractivity contribution >= 4 is 67.9 Å². The maximum absolute atomic E-state index is 2.67. The van der Waals surface area contributed by atoms with Gasteiger partial charge < -0.3 is 9.80 Å². The normalized spacial score (nSPS) is 16.7. The van der Waals surface area contributed by atoms with E-state index in [0.29, 0.717) is 0 Å². The third-order valence-corrected chi connectivity index (χ3v) is 14.4. The SMILES string of the molecule is Cc1cc2c3c(c1)N(c1ccc(-c4ccccc4)cc1)c1c(sc4c1C(C)(C)CCC4(C)C)B3c1cc(C(C)(C)C)ccc1N2c1ccc(C(C)(C)C)cc1. The monoisotopic (exact) mass is 738 g/mol. The van der Waals surface area contributed by atoms with Gasteiger partial charge >= 0.3 is 0 Å². The molecule has 1 aliphatic carbocycles. The fourth-order valence-electron chi connectivity index (χ4n) is 9.48. The summed E-state index contributed by atoms with van der Waals surface area (Å²) in [5.41, 5.74) is 18.9. The minimum Gasteiger partial charge on any atom is -0.311 e. The van der Waals surface area contributed by atoms with Crippen LogP contribution in [0.1, 0.15) is 109 Å². The van der Waals surface area contributed by atoms with Crippen molar-refractivity contribution in [3.05, 3.63) is 136 Å². The van der Waals surface area contributed by atoms with E-state index in [0.717, 1.165) is 0 Å². The summed E-state index contributed by atoms with van der Waals surface area (Å²) in [5, 5.41) is 0. The molecule has 278 valence electrons. The van der Waals surface area contributed by atoms with Crippen LogP contribution in [0.25, 0.3) is 11.1 Å². The van der Waals surface area contributed by atoms with E-state index in [2.05, 4.69) is 206 Å². The summed E-state index contributed by atoms with van der Waals surface area (Å²) in [6.45, 7) is 26.3. The van der Waals surface area contributed by atoms with Crippen molar-refractivity contribution in [2.45, 2.75) is 111 Å². The van der Waals surface area contributed by atoms with Crippen LogP contribution in [0.3, 0.4) is 0 Å². The zero-order valence-electron chi connectivity index (χ0n) is 34.7. The molecule has 55 heavy (non-hydrogen) atoms. The van der Waals surface area contributed by atoms with Crippen molar-refractivity contribution in [2.75, 3.05) is 9.80 Å². The Morgan fingerprint density at radius 3 is 1.76 bits per heavy atom. The third kappa shape index (κ3) is 5.73. The van der Waals surface area contributed by atoms with E-state index in [-0.39, 0.29) is 28.4 Å². The smallest absolute Gasteiger partial charge is 0.264 e. The molecule has 0 atom stereocenters. The van der Waals surface area contributed by atoms with Gasteiger partial charge in [0.15, 0.2) is 0 Å². The molecule has 0 unspecified atom stereocenters. The Labute approximate surface area is 334 Å². The first kappa shape index (κ1) is 36.1. The van der Waals surface area contributed by atoms with Crippen molar-refractivity contribution in [3.8, 4) is 11.1 Å². The molecule has 2 nitrogen and oxygen atoms in total. The maximum Gasteiger partial charge on any atom is 0.264 e. The van der Waals surface area contributed by atoms with Gasteiger partial charge in [-0.25, -0.2) is 0 Å². The summed E-state index contributed by atoms with van der Waals surface area (Å²) in [7, 11) is 0. The molecule has 6 aromatic rings. The molecule has 4 heteroatoms. The van der Waals surface area contributed by atoms with Gasteiger partial charge in [0.1, 0.15) is 0 Å². The first-order chi connectivity index (χ1) is 25.9. The molecule has 0 saturated carbocycles. The van der Waals surface area contributed by atoms with Crippen LogP contribution in [0.15, 0.2) is 109 Å². The summed E-state index contributed by atoms with van der Waals surface area (Å²) in [6.07, 6.45) is 2.37. The summed E-state index contributed by atoms with van der Waals surface area (Å²) < 4.78 is 1.49. The van der Waals surface area contributed by atoms with Crippen molar-refractivity contribution in [1.29, 1.82) is 0 Å². The minimum atomic E-state index is 0.0211. The van der Waals surface area contributed by atoms with Crippen LogP contribution >= 0.6 is 11.3 Å². The summed E-state index contributed by atoms with van der Waals surface area (Å²) in [5.74, 6) is 0. The van der Waals surface area contributed by atoms with Crippen LogP contribution < -0.4 is 25.5 Å².